The zero-order valence-electron chi connectivity index (χ0n) is 16.0. The second kappa shape index (κ2) is 8.62. The molecular weight excluding hydrogens is 448 g/mol. The van der Waals surface area contributed by atoms with Gasteiger partial charge in [0.25, 0.3) is 10.0 Å². The van der Waals surface area contributed by atoms with E-state index >= 15 is 0 Å². The van der Waals surface area contributed by atoms with Crippen LogP contribution < -0.4 is 4.72 Å². The molecule has 2 aromatic carbocycles. The minimum absolute atomic E-state index is 0.0969. The number of benzene rings is 2. The molecule has 0 aliphatic carbocycles. The lowest BCUT2D eigenvalue weighted by Gasteiger charge is -2.17. The van der Waals surface area contributed by atoms with Crippen LogP contribution in [0.25, 0.3) is 10.2 Å². The fourth-order valence-electron chi connectivity index (χ4n) is 2.32. The first kappa shape index (κ1) is 22.1. The summed E-state index contributed by atoms with van der Waals surface area (Å²) in [6.07, 6.45) is 0. The molecule has 0 radical (unpaired) electrons. The van der Waals surface area contributed by atoms with E-state index in [4.69, 9.17) is 21.4 Å². The lowest BCUT2D eigenvalue weighted by Crippen LogP contribution is -2.34. The number of hydrogen-bond donors (Lipinski definition) is 2. The molecule has 3 rings (SSSR count). The van der Waals surface area contributed by atoms with Crippen molar-refractivity contribution >= 4 is 54.8 Å². The Morgan fingerprint density at radius 1 is 1.30 bits per heavy atom. The number of fused-ring (bicyclic) bond motifs is 1. The maximum absolute atomic E-state index is 12.8. The molecule has 156 valence electrons. The van der Waals surface area contributed by atoms with Gasteiger partial charge in [0.05, 0.1) is 31.9 Å². The van der Waals surface area contributed by atoms with Crippen molar-refractivity contribution in [3.63, 3.8) is 0 Å². The molecular formula is C20H17ClN2O5S2. The predicted octanol–water partition coefficient (Wildman–Crippen LogP) is 3.98. The smallest absolute Gasteiger partial charge is 0.335 e. The van der Waals surface area contributed by atoms with Crippen molar-refractivity contribution in [2.45, 2.75) is 24.3 Å². The van der Waals surface area contributed by atoms with Gasteiger partial charge in [0.15, 0.2) is 5.60 Å². The van der Waals surface area contributed by atoms with Gasteiger partial charge >= 0.3 is 5.97 Å². The standard InChI is InChI=1S/C20H17ClN2O5S2/c1-20(2,19(24)25)28-9-3-4-13-10-14(21)5-7-16(13)23-30(26,27)15-6-8-17-18(11-15)29-12-22-17/h5-8,10-12,23H,9H2,1-2H3,(H,24,25). The summed E-state index contributed by atoms with van der Waals surface area (Å²) >= 11 is 7.37. The molecule has 10 heteroatoms. The van der Waals surface area contributed by atoms with E-state index in [-0.39, 0.29) is 17.2 Å². The average molecular weight is 465 g/mol. The quantitative estimate of drug-likeness (QED) is 0.534. The summed E-state index contributed by atoms with van der Waals surface area (Å²) in [6, 6.07) is 9.25. The minimum atomic E-state index is -3.87. The zero-order valence-corrected chi connectivity index (χ0v) is 18.4. The Morgan fingerprint density at radius 3 is 2.80 bits per heavy atom. The molecule has 0 atom stereocenters. The Bertz CT molecular complexity index is 1270. The third kappa shape index (κ3) is 5.09. The highest BCUT2D eigenvalue weighted by atomic mass is 35.5. The summed E-state index contributed by atoms with van der Waals surface area (Å²) in [5.41, 5.74) is 1.56. The summed E-state index contributed by atoms with van der Waals surface area (Å²) in [5.74, 6) is 4.36. The highest BCUT2D eigenvalue weighted by molar-refractivity contribution is 7.92. The maximum Gasteiger partial charge on any atom is 0.335 e. The number of sulfonamides is 1. The first-order valence-electron chi connectivity index (χ1n) is 8.60. The van der Waals surface area contributed by atoms with E-state index in [1.165, 1.54) is 43.4 Å². The number of carboxylic acids is 1. The van der Waals surface area contributed by atoms with Crippen molar-refractivity contribution in [3.8, 4) is 11.8 Å². The Labute approximate surface area is 182 Å². The highest BCUT2D eigenvalue weighted by Crippen LogP contribution is 2.26. The minimum Gasteiger partial charge on any atom is -0.479 e. The molecule has 0 aliphatic rings. The van der Waals surface area contributed by atoms with Crippen molar-refractivity contribution in [1.82, 2.24) is 4.98 Å². The Balaban J connectivity index is 1.84. The van der Waals surface area contributed by atoms with Crippen LogP contribution in [0.1, 0.15) is 19.4 Å². The fourth-order valence-corrected chi connectivity index (χ4v) is 4.39. The second-order valence-electron chi connectivity index (χ2n) is 6.68. The highest BCUT2D eigenvalue weighted by Gasteiger charge is 2.27. The topological polar surface area (TPSA) is 106 Å². The number of carboxylic acid groups (broad SMARTS) is 1. The molecule has 0 unspecified atom stereocenters. The number of halogens is 1. The molecule has 0 saturated carbocycles. The molecule has 0 bridgehead atoms. The van der Waals surface area contributed by atoms with Crippen LogP contribution in [0.2, 0.25) is 5.02 Å². The van der Waals surface area contributed by atoms with Gasteiger partial charge in [0.1, 0.15) is 6.61 Å². The number of aromatic nitrogens is 1. The molecule has 3 aromatic rings. The zero-order chi connectivity index (χ0) is 21.9. The van der Waals surface area contributed by atoms with Crippen LogP contribution in [0.3, 0.4) is 0 Å². The van der Waals surface area contributed by atoms with Crippen molar-refractivity contribution in [1.29, 1.82) is 0 Å². The Kier molecular flexibility index (Phi) is 6.33. The van der Waals surface area contributed by atoms with Gasteiger partial charge in [-0.25, -0.2) is 18.2 Å². The van der Waals surface area contributed by atoms with Crippen LogP contribution in [0.15, 0.2) is 46.8 Å². The van der Waals surface area contributed by atoms with Crippen molar-refractivity contribution < 1.29 is 23.1 Å². The molecule has 7 nitrogen and oxygen atoms in total. The van der Waals surface area contributed by atoms with E-state index in [9.17, 15) is 13.2 Å². The number of aliphatic carboxylic acids is 1. The number of anilines is 1. The third-order valence-corrected chi connectivity index (χ3v) is 6.47. The van der Waals surface area contributed by atoms with E-state index in [1.807, 2.05) is 0 Å². The summed E-state index contributed by atoms with van der Waals surface area (Å²) in [5, 5.41) is 9.43. The van der Waals surface area contributed by atoms with Crippen LogP contribution in [0.5, 0.6) is 0 Å². The molecule has 0 fully saturated rings. The predicted molar refractivity (Wildman–Crippen MR) is 116 cm³/mol. The van der Waals surface area contributed by atoms with Gasteiger partial charge in [-0.05, 0) is 50.2 Å². The molecule has 0 aliphatic heterocycles. The molecule has 0 amide bonds. The molecule has 0 saturated heterocycles. The third-order valence-electron chi connectivity index (χ3n) is 4.08. The van der Waals surface area contributed by atoms with E-state index in [1.54, 1.807) is 23.7 Å². The van der Waals surface area contributed by atoms with E-state index in [0.29, 0.717) is 10.6 Å². The largest absolute Gasteiger partial charge is 0.479 e. The SMILES string of the molecule is CC(C)(OCC#Cc1cc(Cl)ccc1NS(=O)(=O)c1ccc2ncsc2c1)C(=O)O. The van der Waals surface area contributed by atoms with Gasteiger partial charge in [-0.15, -0.1) is 11.3 Å². The van der Waals surface area contributed by atoms with Crippen molar-refractivity contribution in [3.05, 3.63) is 52.5 Å². The van der Waals surface area contributed by atoms with Gasteiger partial charge < -0.3 is 9.84 Å². The van der Waals surface area contributed by atoms with E-state index in [0.717, 1.165) is 10.2 Å². The van der Waals surface area contributed by atoms with Crippen LogP contribution in [-0.2, 0) is 19.6 Å². The molecule has 30 heavy (non-hydrogen) atoms. The Hall–Kier alpha value is -2.64. The van der Waals surface area contributed by atoms with Crippen LogP contribution in [0.4, 0.5) is 5.69 Å². The molecule has 1 heterocycles. The first-order valence-corrected chi connectivity index (χ1v) is 11.3. The van der Waals surface area contributed by atoms with Crippen LogP contribution in [0, 0.1) is 11.8 Å². The summed E-state index contributed by atoms with van der Waals surface area (Å²) in [4.78, 5) is 15.3. The number of carbonyl (C=O) groups is 1. The molecule has 1 aromatic heterocycles. The second-order valence-corrected chi connectivity index (χ2v) is 9.69. The van der Waals surface area contributed by atoms with Gasteiger partial charge in [-0.3, -0.25) is 4.72 Å². The van der Waals surface area contributed by atoms with Crippen molar-refractivity contribution in [2.75, 3.05) is 11.3 Å². The number of nitrogens with zero attached hydrogens (tertiary/aromatic N) is 1. The van der Waals surface area contributed by atoms with Gasteiger partial charge in [-0.1, -0.05) is 23.4 Å². The van der Waals surface area contributed by atoms with E-state index < -0.39 is 21.6 Å². The van der Waals surface area contributed by atoms with Crippen molar-refractivity contribution in [2.24, 2.45) is 0 Å². The number of rotatable bonds is 6. The number of nitrogens with one attached hydrogen (secondary N) is 1. The lowest BCUT2D eigenvalue weighted by molar-refractivity contribution is -0.159. The number of ether oxygens (including phenoxy) is 1. The molecule has 2 N–H and O–H groups in total. The fraction of sp³-hybridized carbons (Fsp3) is 0.200. The van der Waals surface area contributed by atoms with E-state index in [2.05, 4.69) is 21.5 Å². The summed E-state index contributed by atoms with van der Waals surface area (Å²) in [7, 11) is -3.87. The lowest BCUT2D eigenvalue weighted by atomic mass is 10.1. The first-order chi connectivity index (χ1) is 14.1. The van der Waals surface area contributed by atoms with Crippen LogP contribution in [-0.4, -0.2) is 36.7 Å². The van der Waals surface area contributed by atoms with Gasteiger partial charge in [0.2, 0.25) is 0 Å². The van der Waals surface area contributed by atoms with Gasteiger partial charge in [0, 0.05) is 5.02 Å². The normalized spacial score (nSPS) is 11.7. The summed E-state index contributed by atoms with van der Waals surface area (Å²) < 4.78 is 34.2. The monoisotopic (exact) mass is 464 g/mol. The maximum atomic E-state index is 12.8. The molecule has 0 spiro atoms. The van der Waals surface area contributed by atoms with Gasteiger partial charge in [-0.2, -0.15) is 0 Å². The number of hydrogen-bond acceptors (Lipinski definition) is 6. The summed E-state index contributed by atoms with van der Waals surface area (Å²) in [6.45, 7) is 2.67. The average Bonchev–Trinajstić information content (AvgIpc) is 3.15. The number of thiazole rings is 1. The van der Waals surface area contributed by atoms with Crippen LogP contribution >= 0.6 is 22.9 Å². The Morgan fingerprint density at radius 2 is 2.07 bits per heavy atom.